The van der Waals surface area contributed by atoms with Crippen LogP contribution in [0.2, 0.25) is 0 Å². The van der Waals surface area contributed by atoms with Crippen molar-refractivity contribution in [1.82, 2.24) is 5.43 Å². The summed E-state index contributed by atoms with van der Waals surface area (Å²) in [6.45, 7) is 6.00. The third-order valence-corrected chi connectivity index (χ3v) is 2.51. The average Bonchev–Trinajstić information content (AvgIpc) is 2.18. The molecule has 0 heterocycles. The van der Waals surface area contributed by atoms with E-state index in [0.29, 0.717) is 11.5 Å². The minimum Gasteiger partial charge on any atom is -0.271 e. The molecule has 1 rings (SSSR count). The summed E-state index contributed by atoms with van der Waals surface area (Å²) in [5, 5.41) is 0. The van der Waals surface area contributed by atoms with Gasteiger partial charge in [-0.3, -0.25) is 11.3 Å². The first-order valence-corrected chi connectivity index (χ1v) is 5.26. The zero-order valence-electron chi connectivity index (χ0n) is 9.55. The Bertz CT molecular complexity index is 323. The Balaban J connectivity index is 2.87. The molecule has 0 radical (unpaired) electrons. The molecule has 0 saturated carbocycles. The minimum atomic E-state index is -0.170. The Morgan fingerprint density at radius 3 is 2.53 bits per heavy atom. The van der Waals surface area contributed by atoms with E-state index in [1.54, 1.807) is 19.1 Å². The molecule has 0 aliphatic heterocycles. The van der Waals surface area contributed by atoms with E-state index in [0.717, 1.165) is 12.0 Å². The van der Waals surface area contributed by atoms with Gasteiger partial charge in [-0.1, -0.05) is 26.0 Å². The van der Waals surface area contributed by atoms with Gasteiger partial charge in [-0.05, 0) is 36.5 Å². The van der Waals surface area contributed by atoms with Gasteiger partial charge in [0.15, 0.2) is 0 Å². The lowest BCUT2D eigenvalue weighted by Crippen LogP contribution is -2.29. The zero-order valence-corrected chi connectivity index (χ0v) is 9.55. The molecule has 0 bridgehead atoms. The largest absolute Gasteiger partial charge is 0.271 e. The number of benzene rings is 1. The van der Waals surface area contributed by atoms with Crippen LogP contribution in [-0.2, 0) is 0 Å². The monoisotopic (exact) mass is 210 g/mol. The van der Waals surface area contributed by atoms with Gasteiger partial charge in [0.25, 0.3) is 0 Å². The van der Waals surface area contributed by atoms with Crippen LogP contribution in [0.15, 0.2) is 18.2 Å². The molecule has 0 aromatic heterocycles. The maximum Gasteiger partial charge on any atom is 0.126 e. The van der Waals surface area contributed by atoms with Gasteiger partial charge in [-0.2, -0.15) is 0 Å². The number of rotatable bonds is 4. The Hall–Kier alpha value is -0.930. The highest BCUT2D eigenvalue weighted by atomic mass is 19.1. The Kier molecular flexibility index (Phi) is 4.24. The van der Waals surface area contributed by atoms with Crippen molar-refractivity contribution in [3.05, 3.63) is 35.1 Å². The summed E-state index contributed by atoms with van der Waals surface area (Å²) in [6, 6.07) is 5.29. The fraction of sp³-hybridized carbons (Fsp3) is 0.500. The van der Waals surface area contributed by atoms with E-state index < -0.39 is 0 Å². The van der Waals surface area contributed by atoms with E-state index in [4.69, 9.17) is 5.84 Å². The van der Waals surface area contributed by atoms with Gasteiger partial charge in [0.1, 0.15) is 5.82 Å². The minimum absolute atomic E-state index is 0.0279. The molecule has 2 nitrogen and oxygen atoms in total. The van der Waals surface area contributed by atoms with Gasteiger partial charge in [0.05, 0.1) is 0 Å². The van der Waals surface area contributed by atoms with Crippen molar-refractivity contribution in [2.24, 2.45) is 11.8 Å². The highest BCUT2D eigenvalue weighted by Crippen LogP contribution is 2.22. The normalized spacial score (nSPS) is 13.2. The van der Waals surface area contributed by atoms with Gasteiger partial charge in [-0.15, -0.1) is 0 Å². The van der Waals surface area contributed by atoms with Gasteiger partial charge < -0.3 is 0 Å². The van der Waals surface area contributed by atoms with Crippen LogP contribution < -0.4 is 11.3 Å². The van der Waals surface area contributed by atoms with Crippen LogP contribution in [0, 0.1) is 18.7 Å². The summed E-state index contributed by atoms with van der Waals surface area (Å²) in [4.78, 5) is 0. The molecule has 1 aromatic rings. The van der Waals surface area contributed by atoms with E-state index in [2.05, 4.69) is 19.3 Å². The predicted octanol–water partition coefficient (Wildman–Crippen LogP) is 2.68. The third kappa shape index (κ3) is 3.29. The van der Waals surface area contributed by atoms with Crippen molar-refractivity contribution in [1.29, 1.82) is 0 Å². The molecule has 3 N–H and O–H groups in total. The fourth-order valence-electron chi connectivity index (χ4n) is 1.60. The first kappa shape index (κ1) is 12.1. The summed E-state index contributed by atoms with van der Waals surface area (Å²) >= 11 is 0. The predicted molar refractivity (Wildman–Crippen MR) is 60.7 cm³/mol. The van der Waals surface area contributed by atoms with Crippen LogP contribution in [0.25, 0.3) is 0 Å². The Labute approximate surface area is 90.6 Å². The molecule has 0 spiro atoms. The molecule has 0 aliphatic carbocycles. The summed E-state index contributed by atoms with van der Waals surface area (Å²) in [5.74, 6) is 5.82. The summed E-state index contributed by atoms with van der Waals surface area (Å²) in [5.41, 5.74) is 4.31. The summed E-state index contributed by atoms with van der Waals surface area (Å²) < 4.78 is 13.3. The van der Waals surface area contributed by atoms with Crippen LogP contribution in [0.1, 0.15) is 37.4 Å². The highest BCUT2D eigenvalue weighted by molar-refractivity contribution is 5.25. The molecule has 1 aromatic carbocycles. The molecular formula is C12H19FN2. The first-order valence-electron chi connectivity index (χ1n) is 5.26. The SMILES string of the molecule is Cc1ccc(C(CC(C)C)NN)cc1F. The number of hydrogen-bond acceptors (Lipinski definition) is 2. The molecular weight excluding hydrogens is 191 g/mol. The average molecular weight is 210 g/mol. The second-order valence-corrected chi connectivity index (χ2v) is 4.36. The summed E-state index contributed by atoms with van der Waals surface area (Å²) in [7, 11) is 0. The molecule has 0 saturated heterocycles. The van der Waals surface area contributed by atoms with Crippen LogP contribution in [-0.4, -0.2) is 0 Å². The first-order chi connectivity index (χ1) is 7.04. The molecule has 1 unspecified atom stereocenters. The molecule has 1 atom stereocenters. The topological polar surface area (TPSA) is 38.0 Å². The molecule has 0 aliphatic rings. The zero-order chi connectivity index (χ0) is 11.4. The van der Waals surface area contributed by atoms with E-state index in [1.165, 1.54) is 0 Å². The molecule has 0 amide bonds. The lowest BCUT2D eigenvalue weighted by molar-refractivity contribution is 0.436. The molecule has 15 heavy (non-hydrogen) atoms. The number of nitrogens with two attached hydrogens (primary N) is 1. The fourth-order valence-corrected chi connectivity index (χ4v) is 1.60. The van der Waals surface area contributed by atoms with Crippen molar-refractivity contribution in [3.63, 3.8) is 0 Å². The van der Waals surface area contributed by atoms with Crippen molar-refractivity contribution in [2.75, 3.05) is 0 Å². The van der Waals surface area contributed by atoms with Crippen LogP contribution in [0.5, 0.6) is 0 Å². The molecule has 84 valence electrons. The Morgan fingerprint density at radius 2 is 2.07 bits per heavy atom. The lowest BCUT2D eigenvalue weighted by atomic mass is 9.97. The molecule has 0 fully saturated rings. The van der Waals surface area contributed by atoms with E-state index in [9.17, 15) is 4.39 Å². The highest BCUT2D eigenvalue weighted by Gasteiger charge is 2.12. The third-order valence-electron chi connectivity index (χ3n) is 2.51. The van der Waals surface area contributed by atoms with Crippen LogP contribution in [0.3, 0.4) is 0 Å². The van der Waals surface area contributed by atoms with Crippen LogP contribution >= 0.6 is 0 Å². The number of halogens is 1. The smallest absolute Gasteiger partial charge is 0.126 e. The number of aryl methyl sites for hydroxylation is 1. The summed E-state index contributed by atoms with van der Waals surface area (Å²) in [6.07, 6.45) is 0.902. The second-order valence-electron chi connectivity index (χ2n) is 4.36. The lowest BCUT2D eigenvalue weighted by Gasteiger charge is -2.18. The maximum atomic E-state index is 13.3. The van der Waals surface area contributed by atoms with Crippen molar-refractivity contribution < 1.29 is 4.39 Å². The van der Waals surface area contributed by atoms with Crippen molar-refractivity contribution in [3.8, 4) is 0 Å². The van der Waals surface area contributed by atoms with Crippen molar-refractivity contribution >= 4 is 0 Å². The van der Waals surface area contributed by atoms with Gasteiger partial charge in [-0.25, -0.2) is 4.39 Å². The second kappa shape index (κ2) is 5.24. The van der Waals surface area contributed by atoms with E-state index >= 15 is 0 Å². The van der Waals surface area contributed by atoms with Crippen LogP contribution in [0.4, 0.5) is 4.39 Å². The van der Waals surface area contributed by atoms with E-state index in [1.807, 2.05) is 6.07 Å². The number of hydrogen-bond donors (Lipinski definition) is 2. The van der Waals surface area contributed by atoms with Crippen molar-refractivity contribution in [2.45, 2.75) is 33.2 Å². The van der Waals surface area contributed by atoms with Gasteiger partial charge >= 0.3 is 0 Å². The van der Waals surface area contributed by atoms with E-state index in [-0.39, 0.29) is 11.9 Å². The number of nitrogens with one attached hydrogen (secondary N) is 1. The van der Waals surface area contributed by atoms with Gasteiger partial charge in [0, 0.05) is 6.04 Å². The standard InChI is InChI=1S/C12H19FN2/c1-8(2)6-12(15-14)10-5-4-9(3)11(13)7-10/h4-5,7-8,12,15H,6,14H2,1-3H3. The molecule has 3 heteroatoms. The van der Waals surface area contributed by atoms with Gasteiger partial charge in [0.2, 0.25) is 0 Å². The maximum absolute atomic E-state index is 13.3. The number of hydrazine groups is 1. The Morgan fingerprint density at radius 1 is 1.40 bits per heavy atom. The quantitative estimate of drug-likeness (QED) is 0.592.